The third kappa shape index (κ3) is 2.13. The molecule has 2 rings (SSSR count). The van der Waals surface area contributed by atoms with Crippen molar-refractivity contribution < 1.29 is 5.11 Å². The van der Waals surface area contributed by atoms with Gasteiger partial charge in [0.25, 0.3) is 0 Å². The van der Waals surface area contributed by atoms with Crippen LogP contribution in [0.4, 0.5) is 5.13 Å². The standard InChI is InChI=1S/C10H14N2OS/c1-7-5-11-10(14-7)12-9-3-2-8(4-9)6-13/h2-3,5,8-9,13H,4,6H2,1H3,(H,11,12)/t8-,9+/m0/s1. The minimum Gasteiger partial charge on any atom is -0.396 e. The Bertz CT molecular complexity index is 335. The average Bonchev–Trinajstić information content (AvgIpc) is 2.76. The molecule has 0 saturated heterocycles. The molecule has 1 aliphatic rings. The Balaban J connectivity index is 1.91. The van der Waals surface area contributed by atoms with Crippen LogP contribution in [-0.4, -0.2) is 22.7 Å². The van der Waals surface area contributed by atoms with Gasteiger partial charge in [-0.1, -0.05) is 12.2 Å². The van der Waals surface area contributed by atoms with Gasteiger partial charge in [0, 0.05) is 29.6 Å². The SMILES string of the molecule is Cc1cnc(N[C@@H]2C=C[C@H](CO)C2)s1. The maximum Gasteiger partial charge on any atom is 0.183 e. The molecule has 2 N–H and O–H groups in total. The van der Waals surface area contributed by atoms with Gasteiger partial charge in [-0.15, -0.1) is 11.3 Å². The summed E-state index contributed by atoms with van der Waals surface area (Å²) in [6, 6.07) is 0.331. The van der Waals surface area contributed by atoms with E-state index in [9.17, 15) is 0 Å². The molecule has 0 aromatic carbocycles. The zero-order valence-electron chi connectivity index (χ0n) is 8.10. The van der Waals surface area contributed by atoms with Crippen LogP contribution in [0.5, 0.6) is 0 Å². The van der Waals surface area contributed by atoms with Crippen LogP contribution in [-0.2, 0) is 0 Å². The molecule has 0 unspecified atom stereocenters. The van der Waals surface area contributed by atoms with Gasteiger partial charge in [-0.2, -0.15) is 0 Å². The zero-order valence-corrected chi connectivity index (χ0v) is 8.92. The zero-order chi connectivity index (χ0) is 9.97. The first-order valence-electron chi connectivity index (χ1n) is 4.76. The summed E-state index contributed by atoms with van der Waals surface area (Å²) in [4.78, 5) is 5.46. The van der Waals surface area contributed by atoms with Gasteiger partial charge in [-0.25, -0.2) is 4.98 Å². The van der Waals surface area contributed by atoms with Crippen molar-refractivity contribution in [1.82, 2.24) is 4.98 Å². The van der Waals surface area contributed by atoms with Gasteiger partial charge >= 0.3 is 0 Å². The number of hydrogen-bond donors (Lipinski definition) is 2. The Hall–Kier alpha value is -0.870. The van der Waals surface area contributed by atoms with Gasteiger partial charge < -0.3 is 10.4 Å². The van der Waals surface area contributed by atoms with E-state index in [1.807, 2.05) is 13.1 Å². The van der Waals surface area contributed by atoms with Crippen molar-refractivity contribution in [1.29, 1.82) is 0 Å². The van der Waals surface area contributed by atoms with Crippen molar-refractivity contribution in [3.8, 4) is 0 Å². The first-order valence-corrected chi connectivity index (χ1v) is 5.57. The summed E-state index contributed by atoms with van der Waals surface area (Å²) in [6.45, 7) is 2.29. The number of nitrogens with one attached hydrogen (secondary N) is 1. The largest absolute Gasteiger partial charge is 0.396 e. The lowest BCUT2D eigenvalue weighted by atomic mass is 10.1. The predicted octanol–water partition coefficient (Wildman–Crippen LogP) is 1.80. The Kier molecular flexibility index (Phi) is 2.84. The average molecular weight is 210 g/mol. The molecule has 0 fully saturated rings. The van der Waals surface area contributed by atoms with Crippen LogP contribution in [0.25, 0.3) is 0 Å². The number of aliphatic hydroxyl groups excluding tert-OH is 1. The maximum absolute atomic E-state index is 8.96. The third-order valence-electron chi connectivity index (χ3n) is 2.34. The number of anilines is 1. The fourth-order valence-corrected chi connectivity index (χ4v) is 2.32. The van der Waals surface area contributed by atoms with E-state index in [2.05, 4.69) is 22.5 Å². The van der Waals surface area contributed by atoms with Crippen molar-refractivity contribution >= 4 is 16.5 Å². The van der Waals surface area contributed by atoms with Crippen molar-refractivity contribution in [2.45, 2.75) is 19.4 Å². The number of aromatic nitrogens is 1. The molecule has 0 saturated carbocycles. The summed E-state index contributed by atoms with van der Waals surface area (Å²) in [5.74, 6) is 0.313. The molecule has 0 radical (unpaired) electrons. The van der Waals surface area contributed by atoms with Gasteiger partial charge in [0.1, 0.15) is 0 Å². The van der Waals surface area contributed by atoms with E-state index in [1.54, 1.807) is 11.3 Å². The number of aliphatic hydroxyl groups is 1. The lowest BCUT2D eigenvalue weighted by Gasteiger charge is -2.10. The summed E-state index contributed by atoms with van der Waals surface area (Å²) < 4.78 is 0. The molecule has 1 aliphatic carbocycles. The summed E-state index contributed by atoms with van der Waals surface area (Å²) in [5.41, 5.74) is 0. The number of rotatable bonds is 3. The minimum absolute atomic E-state index is 0.242. The maximum atomic E-state index is 8.96. The molecule has 1 aromatic rings. The highest BCUT2D eigenvalue weighted by atomic mass is 32.1. The molecule has 4 heteroatoms. The van der Waals surface area contributed by atoms with Gasteiger partial charge in [-0.3, -0.25) is 0 Å². The molecule has 0 aliphatic heterocycles. The van der Waals surface area contributed by atoms with Gasteiger partial charge in [0.15, 0.2) is 5.13 Å². The second-order valence-corrected chi connectivity index (χ2v) is 4.82. The number of nitrogens with zero attached hydrogens (tertiary/aromatic N) is 1. The van der Waals surface area contributed by atoms with E-state index in [1.165, 1.54) is 4.88 Å². The monoisotopic (exact) mass is 210 g/mol. The van der Waals surface area contributed by atoms with E-state index < -0.39 is 0 Å². The van der Waals surface area contributed by atoms with Gasteiger partial charge in [0.2, 0.25) is 0 Å². The van der Waals surface area contributed by atoms with Crippen molar-refractivity contribution in [3.63, 3.8) is 0 Å². The van der Waals surface area contributed by atoms with Crippen LogP contribution in [0.2, 0.25) is 0 Å². The summed E-state index contributed by atoms with van der Waals surface area (Å²) in [7, 11) is 0. The molecule has 1 heterocycles. The first kappa shape index (κ1) is 9.68. The van der Waals surface area contributed by atoms with Gasteiger partial charge in [0.05, 0.1) is 0 Å². The number of thiazole rings is 1. The third-order valence-corrected chi connectivity index (χ3v) is 3.18. The Morgan fingerprint density at radius 1 is 1.64 bits per heavy atom. The molecule has 3 nitrogen and oxygen atoms in total. The van der Waals surface area contributed by atoms with E-state index in [-0.39, 0.29) is 6.61 Å². The summed E-state index contributed by atoms with van der Waals surface area (Å²) in [6.07, 6.45) is 7.01. The lowest BCUT2D eigenvalue weighted by Crippen LogP contribution is -2.16. The number of aryl methyl sites for hydroxylation is 1. The quantitative estimate of drug-likeness (QED) is 0.748. The lowest BCUT2D eigenvalue weighted by molar-refractivity contribution is 0.250. The van der Waals surface area contributed by atoms with Crippen LogP contribution in [0, 0.1) is 12.8 Å². The topological polar surface area (TPSA) is 45.2 Å². The molecule has 1 aromatic heterocycles. The molecule has 0 bridgehead atoms. The Labute approximate surface area is 87.5 Å². The van der Waals surface area contributed by atoms with Crippen LogP contribution in [0.1, 0.15) is 11.3 Å². The predicted molar refractivity (Wildman–Crippen MR) is 58.6 cm³/mol. The Morgan fingerprint density at radius 2 is 2.50 bits per heavy atom. The van der Waals surface area contributed by atoms with Crippen molar-refractivity contribution in [3.05, 3.63) is 23.2 Å². The normalized spacial score (nSPS) is 25.6. The van der Waals surface area contributed by atoms with Crippen LogP contribution in [0.3, 0.4) is 0 Å². The second kappa shape index (κ2) is 4.11. The van der Waals surface area contributed by atoms with Crippen LogP contribution < -0.4 is 5.32 Å². The van der Waals surface area contributed by atoms with E-state index in [0.717, 1.165) is 11.6 Å². The molecule has 76 valence electrons. The summed E-state index contributed by atoms with van der Waals surface area (Å²) in [5, 5.41) is 13.3. The highest BCUT2D eigenvalue weighted by molar-refractivity contribution is 7.15. The van der Waals surface area contributed by atoms with E-state index in [0.29, 0.717) is 12.0 Å². The highest BCUT2D eigenvalue weighted by Crippen LogP contribution is 2.23. The van der Waals surface area contributed by atoms with Crippen molar-refractivity contribution in [2.75, 3.05) is 11.9 Å². The van der Waals surface area contributed by atoms with Crippen LogP contribution >= 0.6 is 11.3 Å². The highest BCUT2D eigenvalue weighted by Gasteiger charge is 2.18. The fraction of sp³-hybridized carbons (Fsp3) is 0.500. The molecule has 14 heavy (non-hydrogen) atoms. The molecule has 0 amide bonds. The number of hydrogen-bond acceptors (Lipinski definition) is 4. The second-order valence-electron chi connectivity index (χ2n) is 3.59. The smallest absolute Gasteiger partial charge is 0.183 e. The first-order chi connectivity index (χ1) is 6.78. The van der Waals surface area contributed by atoms with Crippen LogP contribution in [0.15, 0.2) is 18.3 Å². The van der Waals surface area contributed by atoms with E-state index >= 15 is 0 Å². The molecule has 0 spiro atoms. The molecular formula is C10H14N2OS. The molecule has 2 atom stereocenters. The summed E-state index contributed by atoms with van der Waals surface area (Å²) >= 11 is 1.66. The van der Waals surface area contributed by atoms with Crippen molar-refractivity contribution in [2.24, 2.45) is 5.92 Å². The molecular weight excluding hydrogens is 196 g/mol. The van der Waals surface area contributed by atoms with E-state index in [4.69, 9.17) is 5.11 Å². The fourth-order valence-electron chi connectivity index (χ4n) is 1.60. The van der Waals surface area contributed by atoms with Gasteiger partial charge in [-0.05, 0) is 13.3 Å². The minimum atomic E-state index is 0.242. The Morgan fingerprint density at radius 3 is 3.07 bits per heavy atom.